The molecule has 0 bridgehead atoms. The molecule has 0 saturated heterocycles. The molecule has 5 nitrogen and oxygen atoms in total. The van der Waals surface area contributed by atoms with Crippen molar-refractivity contribution in [1.82, 2.24) is 0 Å². The summed E-state index contributed by atoms with van der Waals surface area (Å²) in [5, 5.41) is 14.5. The number of hydrogen-bond donors (Lipinski definition) is 1. The summed E-state index contributed by atoms with van der Waals surface area (Å²) in [4.78, 5) is 10.5. The second-order valence-electron chi connectivity index (χ2n) is 6.25. The third kappa shape index (κ3) is 2.24. The van der Waals surface area contributed by atoms with Crippen molar-refractivity contribution in [2.45, 2.75) is 18.4 Å². The molecule has 0 amide bonds. The highest BCUT2D eigenvalue weighted by molar-refractivity contribution is 5.67. The van der Waals surface area contributed by atoms with Crippen molar-refractivity contribution in [2.75, 3.05) is 12.4 Å². The number of allylic oxidation sites excluding steroid dienone is 2. The van der Waals surface area contributed by atoms with Gasteiger partial charge in [0.05, 0.1) is 23.8 Å². The normalized spacial score (nSPS) is 24.0. The summed E-state index contributed by atoms with van der Waals surface area (Å²) < 4.78 is 5.52. The van der Waals surface area contributed by atoms with Crippen molar-refractivity contribution in [3.8, 4) is 5.75 Å². The Hall–Kier alpha value is -2.82. The number of rotatable bonds is 3. The third-order valence-corrected chi connectivity index (χ3v) is 5.04. The van der Waals surface area contributed by atoms with E-state index in [9.17, 15) is 10.1 Å². The van der Waals surface area contributed by atoms with Gasteiger partial charge in [0.25, 0.3) is 5.69 Å². The first-order valence-corrected chi connectivity index (χ1v) is 8.03. The van der Waals surface area contributed by atoms with Crippen LogP contribution in [-0.4, -0.2) is 12.0 Å². The van der Waals surface area contributed by atoms with E-state index in [1.807, 2.05) is 24.3 Å². The molecule has 1 heterocycles. The van der Waals surface area contributed by atoms with Crippen LogP contribution in [0.1, 0.15) is 29.5 Å². The summed E-state index contributed by atoms with van der Waals surface area (Å²) in [6.07, 6.45) is 5.49. The standard InChI is InChI=1S/C19H18N2O3/c1-24-17-7-3-6-16-14-4-2-5-15(14)18(20-19(16)17)12-8-10-13(11-9-12)21(22)23/h2-4,6-11,14-15,18,20H,5H2,1H3/t14-,15+,18-/m0/s1. The van der Waals surface area contributed by atoms with E-state index >= 15 is 0 Å². The molecular formula is C19H18N2O3. The molecule has 0 unspecified atom stereocenters. The van der Waals surface area contributed by atoms with Gasteiger partial charge in [0.1, 0.15) is 5.75 Å². The Morgan fingerprint density at radius 2 is 2.00 bits per heavy atom. The Kier molecular flexibility index (Phi) is 3.49. The van der Waals surface area contributed by atoms with Crippen molar-refractivity contribution >= 4 is 11.4 Å². The van der Waals surface area contributed by atoms with E-state index in [4.69, 9.17) is 4.74 Å². The van der Waals surface area contributed by atoms with Crippen LogP contribution < -0.4 is 10.1 Å². The van der Waals surface area contributed by atoms with E-state index in [1.54, 1.807) is 19.2 Å². The fourth-order valence-corrected chi connectivity index (χ4v) is 3.90. The van der Waals surface area contributed by atoms with Gasteiger partial charge in [-0.1, -0.05) is 36.4 Å². The highest BCUT2D eigenvalue weighted by Crippen LogP contribution is 2.52. The lowest BCUT2D eigenvalue weighted by Crippen LogP contribution is -2.29. The molecule has 0 fully saturated rings. The number of nitro groups is 1. The zero-order chi connectivity index (χ0) is 16.7. The number of methoxy groups -OCH3 is 1. The first kappa shape index (κ1) is 14.8. The average Bonchev–Trinajstić information content (AvgIpc) is 3.10. The van der Waals surface area contributed by atoms with Gasteiger partial charge in [-0.15, -0.1) is 0 Å². The highest BCUT2D eigenvalue weighted by Gasteiger charge is 2.38. The molecule has 5 heteroatoms. The molecule has 24 heavy (non-hydrogen) atoms. The lowest BCUT2D eigenvalue weighted by Gasteiger charge is -2.38. The fourth-order valence-electron chi connectivity index (χ4n) is 3.90. The van der Waals surface area contributed by atoms with Gasteiger partial charge in [0.15, 0.2) is 0 Å². The number of non-ortho nitro benzene ring substituents is 1. The number of fused-ring (bicyclic) bond motifs is 3. The monoisotopic (exact) mass is 322 g/mol. The smallest absolute Gasteiger partial charge is 0.269 e. The van der Waals surface area contributed by atoms with Crippen LogP contribution in [0.25, 0.3) is 0 Å². The van der Waals surface area contributed by atoms with Gasteiger partial charge in [-0.2, -0.15) is 0 Å². The van der Waals surface area contributed by atoms with Gasteiger partial charge >= 0.3 is 0 Å². The number of nitrogens with zero attached hydrogens (tertiary/aromatic N) is 1. The van der Waals surface area contributed by atoms with Crippen molar-refractivity contribution in [3.63, 3.8) is 0 Å². The molecule has 1 aliphatic carbocycles. The van der Waals surface area contributed by atoms with Gasteiger partial charge in [0, 0.05) is 18.1 Å². The highest BCUT2D eigenvalue weighted by atomic mass is 16.6. The quantitative estimate of drug-likeness (QED) is 0.516. The SMILES string of the molecule is COc1cccc2c1N[C@@H](c1ccc([N+](=O)[O-])cc1)[C@@H]1CC=C[C@H]21. The van der Waals surface area contributed by atoms with Crippen LogP contribution in [0.15, 0.2) is 54.6 Å². The van der Waals surface area contributed by atoms with Gasteiger partial charge in [-0.25, -0.2) is 0 Å². The summed E-state index contributed by atoms with van der Waals surface area (Å²) in [5.74, 6) is 1.58. The van der Waals surface area contributed by atoms with Crippen molar-refractivity contribution in [2.24, 2.45) is 5.92 Å². The first-order valence-electron chi connectivity index (χ1n) is 8.03. The number of hydrogen-bond acceptors (Lipinski definition) is 4. The molecule has 122 valence electrons. The molecular weight excluding hydrogens is 304 g/mol. The summed E-state index contributed by atoms with van der Waals surface area (Å²) in [6.45, 7) is 0. The summed E-state index contributed by atoms with van der Waals surface area (Å²) in [6, 6.07) is 13.1. The molecule has 4 rings (SSSR count). The van der Waals surface area contributed by atoms with Gasteiger partial charge in [-0.3, -0.25) is 10.1 Å². The second kappa shape index (κ2) is 5.67. The average molecular weight is 322 g/mol. The molecule has 3 atom stereocenters. The Labute approximate surface area is 140 Å². The lowest BCUT2D eigenvalue weighted by atomic mass is 9.77. The summed E-state index contributed by atoms with van der Waals surface area (Å²) in [7, 11) is 1.68. The van der Waals surface area contributed by atoms with Crippen LogP contribution in [0.3, 0.4) is 0 Å². The zero-order valence-corrected chi connectivity index (χ0v) is 13.3. The molecule has 2 aromatic rings. The second-order valence-corrected chi connectivity index (χ2v) is 6.25. The van der Waals surface area contributed by atoms with Crippen LogP contribution >= 0.6 is 0 Å². The minimum atomic E-state index is -0.365. The number of para-hydroxylation sites is 1. The molecule has 1 N–H and O–H groups in total. The van der Waals surface area contributed by atoms with Crippen LogP contribution in [0.2, 0.25) is 0 Å². The third-order valence-electron chi connectivity index (χ3n) is 5.04. The van der Waals surface area contributed by atoms with Gasteiger partial charge < -0.3 is 10.1 Å². The summed E-state index contributed by atoms with van der Waals surface area (Å²) >= 11 is 0. The van der Waals surface area contributed by atoms with E-state index in [1.165, 1.54) is 5.56 Å². The number of nitro benzene ring substituents is 1. The number of anilines is 1. The van der Waals surface area contributed by atoms with Crippen molar-refractivity contribution in [1.29, 1.82) is 0 Å². The minimum absolute atomic E-state index is 0.106. The molecule has 1 aliphatic heterocycles. The topological polar surface area (TPSA) is 64.4 Å². The molecule has 0 spiro atoms. The van der Waals surface area contributed by atoms with Crippen molar-refractivity contribution < 1.29 is 9.66 Å². The Morgan fingerprint density at radius 3 is 2.71 bits per heavy atom. The maximum absolute atomic E-state index is 10.9. The van der Waals surface area contributed by atoms with E-state index in [0.717, 1.165) is 23.4 Å². The first-order chi connectivity index (χ1) is 11.7. The Morgan fingerprint density at radius 1 is 1.21 bits per heavy atom. The van der Waals surface area contributed by atoms with Crippen LogP contribution in [0, 0.1) is 16.0 Å². The lowest BCUT2D eigenvalue weighted by molar-refractivity contribution is -0.384. The molecule has 2 aromatic carbocycles. The minimum Gasteiger partial charge on any atom is -0.495 e. The van der Waals surface area contributed by atoms with Crippen molar-refractivity contribution in [3.05, 3.63) is 75.9 Å². The van der Waals surface area contributed by atoms with E-state index in [0.29, 0.717) is 11.8 Å². The predicted molar refractivity (Wildman–Crippen MR) is 92.4 cm³/mol. The molecule has 2 aliphatic rings. The molecule has 0 saturated carbocycles. The number of benzene rings is 2. The van der Waals surface area contributed by atoms with Gasteiger partial charge in [0.2, 0.25) is 0 Å². The van der Waals surface area contributed by atoms with E-state index in [-0.39, 0.29) is 16.7 Å². The predicted octanol–water partition coefficient (Wildman–Crippen LogP) is 4.43. The van der Waals surface area contributed by atoms with Crippen LogP contribution in [0.5, 0.6) is 5.75 Å². The maximum Gasteiger partial charge on any atom is 0.269 e. The fraction of sp³-hybridized carbons (Fsp3) is 0.263. The molecule has 0 aromatic heterocycles. The number of ether oxygens (including phenoxy) is 1. The van der Waals surface area contributed by atoms with E-state index < -0.39 is 0 Å². The van der Waals surface area contributed by atoms with Crippen LogP contribution in [-0.2, 0) is 0 Å². The summed E-state index contributed by atoms with van der Waals surface area (Å²) in [5.41, 5.74) is 3.46. The van der Waals surface area contributed by atoms with E-state index in [2.05, 4.69) is 23.5 Å². The largest absolute Gasteiger partial charge is 0.495 e. The molecule has 0 radical (unpaired) electrons. The maximum atomic E-state index is 10.9. The van der Waals surface area contributed by atoms with Crippen LogP contribution in [0.4, 0.5) is 11.4 Å². The number of nitrogens with one attached hydrogen (secondary N) is 1. The zero-order valence-electron chi connectivity index (χ0n) is 13.3. The Bertz CT molecular complexity index is 814. The Balaban J connectivity index is 1.76. The van der Waals surface area contributed by atoms with Gasteiger partial charge in [-0.05, 0) is 29.5 Å².